The monoisotopic (exact) mass is 345 g/mol. The summed E-state index contributed by atoms with van der Waals surface area (Å²) in [6.07, 6.45) is 1.01. The van der Waals surface area contributed by atoms with Crippen LogP contribution in [-0.4, -0.2) is 52.0 Å². The molecule has 3 rings (SSSR count). The van der Waals surface area contributed by atoms with E-state index in [9.17, 15) is 4.79 Å². The van der Waals surface area contributed by atoms with Crippen molar-refractivity contribution in [1.82, 2.24) is 14.8 Å². The largest absolute Gasteiger partial charge is 0.478 e. The second kappa shape index (κ2) is 7.88. The smallest absolute Gasteiger partial charge is 0.335 e. The molecule has 0 atom stereocenters. The van der Waals surface area contributed by atoms with Crippen molar-refractivity contribution < 1.29 is 9.90 Å². The molecule has 0 amide bonds. The van der Waals surface area contributed by atoms with Crippen LogP contribution in [0.1, 0.15) is 33.5 Å². The van der Waals surface area contributed by atoms with Gasteiger partial charge in [0.15, 0.2) is 0 Å². The van der Waals surface area contributed by atoms with Crippen LogP contribution in [0.5, 0.6) is 0 Å². The van der Waals surface area contributed by atoms with Gasteiger partial charge in [0.1, 0.15) is 0 Å². The molecule has 2 aromatic rings. The van der Waals surface area contributed by atoms with Gasteiger partial charge in [0.05, 0.1) is 16.3 Å². The molecule has 1 N–H and O–H groups in total. The van der Waals surface area contributed by atoms with E-state index < -0.39 is 5.97 Å². The van der Waals surface area contributed by atoms with Gasteiger partial charge in [-0.2, -0.15) is 0 Å². The number of benzene rings is 1. The third-order valence-electron chi connectivity index (χ3n) is 4.33. The number of carboxylic acid groups (broad SMARTS) is 1. The van der Waals surface area contributed by atoms with Crippen molar-refractivity contribution in [2.75, 3.05) is 26.2 Å². The van der Waals surface area contributed by atoms with Crippen LogP contribution in [0.2, 0.25) is 0 Å². The summed E-state index contributed by atoms with van der Waals surface area (Å²) in [5.41, 5.74) is 2.61. The van der Waals surface area contributed by atoms with Crippen LogP contribution >= 0.6 is 11.3 Å². The molecule has 1 saturated heterocycles. The van der Waals surface area contributed by atoms with E-state index >= 15 is 0 Å². The van der Waals surface area contributed by atoms with Crippen LogP contribution in [0.3, 0.4) is 0 Å². The highest BCUT2D eigenvalue weighted by molar-refractivity contribution is 7.09. The van der Waals surface area contributed by atoms with Crippen LogP contribution in [0.15, 0.2) is 29.6 Å². The average Bonchev–Trinajstić information content (AvgIpc) is 3.04. The Balaban J connectivity index is 1.50. The summed E-state index contributed by atoms with van der Waals surface area (Å²) in [4.78, 5) is 20.5. The van der Waals surface area contributed by atoms with Crippen LogP contribution in [0, 0.1) is 0 Å². The molecule has 5 nitrogen and oxygen atoms in total. The molecule has 0 radical (unpaired) electrons. The zero-order valence-corrected chi connectivity index (χ0v) is 14.8. The van der Waals surface area contributed by atoms with Gasteiger partial charge >= 0.3 is 5.97 Å². The number of piperazine rings is 1. The van der Waals surface area contributed by atoms with Crippen LogP contribution in [-0.2, 0) is 19.5 Å². The number of hydrogen-bond acceptors (Lipinski definition) is 5. The minimum atomic E-state index is -0.864. The lowest BCUT2D eigenvalue weighted by atomic mass is 10.1. The summed E-state index contributed by atoms with van der Waals surface area (Å²) in [5.74, 6) is -0.864. The Labute approximate surface area is 146 Å². The highest BCUT2D eigenvalue weighted by Gasteiger charge is 2.18. The highest BCUT2D eigenvalue weighted by Crippen LogP contribution is 2.15. The van der Waals surface area contributed by atoms with Gasteiger partial charge in [0.2, 0.25) is 0 Å². The number of aromatic nitrogens is 1. The normalized spacial score (nSPS) is 16.4. The molecule has 1 aromatic heterocycles. The van der Waals surface area contributed by atoms with Crippen LogP contribution < -0.4 is 0 Å². The van der Waals surface area contributed by atoms with E-state index in [1.807, 2.05) is 12.1 Å². The fourth-order valence-corrected chi connectivity index (χ4v) is 3.72. The van der Waals surface area contributed by atoms with Gasteiger partial charge in [-0.05, 0) is 24.1 Å². The molecule has 128 valence electrons. The predicted octanol–water partition coefficient (Wildman–Crippen LogP) is 2.72. The van der Waals surface area contributed by atoms with Crippen molar-refractivity contribution in [3.63, 3.8) is 0 Å². The van der Waals surface area contributed by atoms with Crippen LogP contribution in [0.4, 0.5) is 0 Å². The number of thiazole rings is 1. The van der Waals surface area contributed by atoms with Gasteiger partial charge in [-0.25, -0.2) is 9.78 Å². The summed E-state index contributed by atoms with van der Waals surface area (Å²) in [6.45, 7) is 7.94. The molecular formula is C18H23N3O2S. The second-order valence-electron chi connectivity index (χ2n) is 6.14. The second-order valence-corrected chi connectivity index (χ2v) is 7.09. The first kappa shape index (κ1) is 17.1. The van der Waals surface area contributed by atoms with Crippen LogP contribution in [0.25, 0.3) is 0 Å². The first-order valence-corrected chi connectivity index (χ1v) is 9.22. The molecule has 24 heavy (non-hydrogen) atoms. The van der Waals surface area contributed by atoms with Crippen molar-refractivity contribution in [2.45, 2.75) is 26.4 Å². The lowest BCUT2D eigenvalue weighted by molar-refractivity contribution is 0.0696. The summed E-state index contributed by atoms with van der Waals surface area (Å²) >= 11 is 1.75. The maximum Gasteiger partial charge on any atom is 0.335 e. The third-order valence-corrected chi connectivity index (χ3v) is 5.37. The van der Waals surface area contributed by atoms with E-state index in [1.165, 1.54) is 10.7 Å². The lowest BCUT2D eigenvalue weighted by Crippen LogP contribution is -2.45. The SMILES string of the molecule is CCc1nc(CN2CCN(Cc3cccc(C(=O)O)c3)CC2)cs1. The van der Waals surface area contributed by atoms with Gasteiger partial charge in [-0.1, -0.05) is 19.1 Å². The zero-order valence-electron chi connectivity index (χ0n) is 13.9. The first-order chi connectivity index (χ1) is 11.6. The van der Waals surface area contributed by atoms with Gasteiger partial charge in [0, 0.05) is 44.6 Å². The molecular weight excluding hydrogens is 322 g/mol. The Morgan fingerprint density at radius 3 is 2.54 bits per heavy atom. The van der Waals surface area contributed by atoms with Crippen molar-refractivity contribution in [1.29, 1.82) is 0 Å². The number of hydrogen-bond donors (Lipinski definition) is 1. The molecule has 0 saturated carbocycles. The molecule has 0 spiro atoms. The van der Waals surface area contributed by atoms with Gasteiger partial charge in [-0.15, -0.1) is 11.3 Å². The van der Waals surface area contributed by atoms with Crippen molar-refractivity contribution in [2.24, 2.45) is 0 Å². The van der Waals surface area contributed by atoms with Gasteiger partial charge in [0.25, 0.3) is 0 Å². The molecule has 0 aliphatic carbocycles. The van der Waals surface area contributed by atoms with Crippen molar-refractivity contribution >= 4 is 17.3 Å². The van der Waals surface area contributed by atoms with E-state index in [0.29, 0.717) is 5.56 Å². The highest BCUT2D eigenvalue weighted by atomic mass is 32.1. The minimum Gasteiger partial charge on any atom is -0.478 e. The first-order valence-electron chi connectivity index (χ1n) is 8.34. The number of aromatic carboxylic acids is 1. The van der Waals surface area contributed by atoms with E-state index in [1.54, 1.807) is 23.5 Å². The Bertz CT molecular complexity index is 693. The standard InChI is InChI=1S/C18H23N3O2S/c1-2-17-19-16(13-24-17)12-21-8-6-20(7-9-21)11-14-4-3-5-15(10-14)18(22)23/h3-5,10,13H,2,6-9,11-12H2,1H3,(H,22,23). The quantitative estimate of drug-likeness (QED) is 0.872. The third kappa shape index (κ3) is 4.41. The van der Waals surface area contributed by atoms with E-state index in [4.69, 9.17) is 5.11 Å². The molecule has 1 fully saturated rings. The predicted molar refractivity (Wildman–Crippen MR) is 95.4 cm³/mol. The maximum absolute atomic E-state index is 11.1. The topological polar surface area (TPSA) is 56.7 Å². The summed E-state index contributed by atoms with van der Waals surface area (Å²) in [7, 11) is 0. The minimum absolute atomic E-state index is 0.362. The molecule has 0 unspecified atom stereocenters. The number of aryl methyl sites for hydroxylation is 1. The molecule has 1 aliphatic heterocycles. The fraction of sp³-hybridized carbons (Fsp3) is 0.444. The van der Waals surface area contributed by atoms with E-state index in [0.717, 1.165) is 51.3 Å². The van der Waals surface area contributed by atoms with Crippen molar-refractivity contribution in [3.8, 4) is 0 Å². The number of rotatable bonds is 6. The number of nitrogens with zero attached hydrogens (tertiary/aromatic N) is 3. The Hall–Kier alpha value is -1.76. The van der Waals surface area contributed by atoms with Gasteiger partial charge < -0.3 is 5.11 Å². The molecule has 2 heterocycles. The van der Waals surface area contributed by atoms with E-state index in [-0.39, 0.29) is 0 Å². The molecule has 6 heteroatoms. The van der Waals surface area contributed by atoms with Gasteiger partial charge in [-0.3, -0.25) is 9.80 Å². The number of carboxylic acids is 1. The maximum atomic E-state index is 11.1. The Morgan fingerprint density at radius 2 is 1.92 bits per heavy atom. The Kier molecular flexibility index (Phi) is 5.60. The Morgan fingerprint density at radius 1 is 1.21 bits per heavy atom. The van der Waals surface area contributed by atoms with Crippen molar-refractivity contribution in [3.05, 3.63) is 51.5 Å². The molecule has 1 aliphatic rings. The van der Waals surface area contributed by atoms with E-state index in [2.05, 4.69) is 27.1 Å². The lowest BCUT2D eigenvalue weighted by Gasteiger charge is -2.34. The molecule has 0 bridgehead atoms. The zero-order chi connectivity index (χ0) is 16.9. The summed E-state index contributed by atoms with van der Waals surface area (Å²) < 4.78 is 0. The summed E-state index contributed by atoms with van der Waals surface area (Å²) in [6, 6.07) is 7.24. The average molecular weight is 345 g/mol. The number of carbonyl (C=O) groups is 1. The molecule has 1 aromatic carbocycles. The fourth-order valence-electron chi connectivity index (χ4n) is 2.98. The summed E-state index contributed by atoms with van der Waals surface area (Å²) in [5, 5.41) is 12.5.